The van der Waals surface area contributed by atoms with Crippen molar-refractivity contribution < 1.29 is 9.53 Å². The topological polar surface area (TPSA) is 65.0 Å². The molecule has 6 heteroatoms. The second-order valence-corrected chi connectivity index (χ2v) is 7.41. The highest BCUT2D eigenvalue weighted by molar-refractivity contribution is 7.99. The highest BCUT2D eigenvalue weighted by atomic mass is 32.2. The summed E-state index contributed by atoms with van der Waals surface area (Å²) in [5.41, 5.74) is 3.99. The van der Waals surface area contributed by atoms with Crippen molar-refractivity contribution in [2.45, 2.75) is 5.16 Å². The normalized spacial score (nSPS) is 10.6. The fourth-order valence-corrected chi connectivity index (χ4v) is 3.63. The number of rotatable bonds is 7. The average Bonchev–Trinajstić information content (AvgIpc) is 2.83. The molecule has 1 heterocycles. The lowest BCUT2D eigenvalue weighted by molar-refractivity contribution is 0.102. The Morgan fingerprint density at radius 1 is 0.800 bits per heavy atom. The summed E-state index contributed by atoms with van der Waals surface area (Å²) in [6.07, 6.45) is 0. The minimum atomic E-state index is -0.000324. The summed E-state index contributed by atoms with van der Waals surface area (Å²) in [7, 11) is 1.60. The van der Waals surface area contributed by atoms with Crippen molar-refractivity contribution in [1.29, 1.82) is 0 Å². The van der Waals surface area contributed by atoms with Gasteiger partial charge in [0.05, 0.1) is 12.9 Å². The molecule has 3 aromatic carbocycles. The lowest BCUT2D eigenvalue weighted by Crippen LogP contribution is -2.05. The summed E-state index contributed by atoms with van der Waals surface area (Å²) in [5, 5.41) is 9.17. The smallest absolute Gasteiger partial charge is 0.210 e. The van der Waals surface area contributed by atoms with E-state index in [0.29, 0.717) is 16.4 Å². The van der Waals surface area contributed by atoms with Crippen LogP contribution in [-0.2, 0) is 0 Å². The molecule has 0 aliphatic carbocycles. The molecule has 0 spiro atoms. The van der Waals surface area contributed by atoms with Gasteiger partial charge in [0.15, 0.2) is 5.78 Å². The van der Waals surface area contributed by atoms with E-state index < -0.39 is 0 Å². The van der Waals surface area contributed by atoms with Gasteiger partial charge >= 0.3 is 0 Å². The molecule has 5 nitrogen and oxygen atoms in total. The van der Waals surface area contributed by atoms with E-state index in [9.17, 15) is 4.79 Å². The maximum atomic E-state index is 12.5. The minimum Gasteiger partial charge on any atom is -0.497 e. The second kappa shape index (κ2) is 9.33. The molecule has 0 bridgehead atoms. The molecule has 4 rings (SSSR count). The molecule has 148 valence electrons. The van der Waals surface area contributed by atoms with E-state index in [2.05, 4.69) is 10.2 Å². The number of aromatic nitrogens is 3. The van der Waals surface area contributed by atoms with Gasteiger partial charge in [-0.1, -0.05) is 72.4 Å². The fourth-order valence-electron chi connectivity index (χ4n) is 2.95. The summed E-state index contributed by atoms with van der Waals surface area (Å²) in [5.74, 6) is 0.947. The Labute approximate surface area is 179 Å². The lowest BCUT2D eigenvalue weighted by Gasteiger charge is -2.09. The number of ether oxygens (including phenoxy) is 1. The van der Waals surface area contributed by atoms with Crippen molar-refractivity contribution in [3.05, 3.63) is 90.5 Å². The minimum absolute atomic E-state index is 0.000324. The molecule has 30 heavy (non-hydrogen) atoms. The SMILES string of the molecule is COc1ccc(C(=O)CSc2nnc(-c3ccccc3)c(-c3ccccc3)n2)cc1. The lowest BCUT2D eigenvalue weighted by atomic mass is 10.0. The standard InChI is InChI=1S/C24H19N3O2S/c1-29-20-14-12-17(13-15-20)21(28)16-30-24-25-22(18-8-4-2-5-9-18)23(26-27-24)19-10-6-3-7-11-19/h2-15H,16H2,1H3. The number of thioether (sulfide) groups is 1. The number of methoxy groups -OCH3 is 1. The van der Waals surface area contributed by atoms with E-state index in [1.54, 1.807) is 31.4 Å². The van der Waals surface area contributed by atoms with Crippen LogP contribution in [0, 0.1) is 0 Å². The van der Waals surface area contributed by atoms with Gasteiger partial charge in [0.2, 0.25) is 5.16 Å². The fraction of sp³-hybridized carbons (Fsp3) is 0.0833. The highest BCUT2D eigenvalue weighted by Gasteiger charge is 2.15. The van der Waals surface area contributed by atoms with Gasteiger partial charge in [-0.15, -0.1) is 10.2 Å². The first-order valence-corrected chi connectivity index (χ1v) is 10.4. The molecule has 0 aliphatic rings. The predicted octanol–water partition coefficient (Wildman–Crippen LogP) is 5.19. The van der Waals surface area contributed by atoms with Crippen LogP contribution >= 0.6 is 11.8 Å². The van der Waals surface area contributed by atoms with Gasteiger partial charge in [-0.2, -0.15) is 0 Å². The van der Waals surface area contributed by atoms with E-state index in [0.717, 1.165) is 22.6 Å². The summed E-state index contributed by atoms with van der Waals surface area (Å²) in [4.78, 5) is 17.3. The largest absolute Gasteiger partial charge is 0.497 e. The predicted molar refractivity (Wildman–Crippen MR) is 119 cm³/mol. The number of carbonyl (C=O) groups is 1. The molecule has 0 radical (unpaired) electrons. The van der Waals surface area contributed by atoms with Crippen molar-refractivity contribution in [1.82, 2.24) is 15.2 Å². The molecule has 0 saturated carbocycles. The van der Waals surface area contributed by atoms with Crippen LogP contribution in [0.4, 0.5) is 0 Å². The molecule has 0 aliphatic heterocycles. The van der Waals surface area contributed by atoms with Crippen molar-refractivity contribution in [3.63, 3.8) is 0 Å². The van der Waals surface area contributed by atoms with Gasteiger partial charge in [-0.3, -0.25) is 4.79 Å². The first-order chi connectivity index (χ1) is 14.7. The summed E-state index contributed by atoms with van der Waals surface area (Å²) >= 11 is 1.28. The third-order valence-corrected chi connectivity index (χ3v) is 5.34. The Balaban J connectivity index is 1.59. The zero-order valence-corrected chi connectivity index (χ0v) is 17.2. The monoisotopic (exact) mass is 413 g/mol. The number of hydrogen-bond acceptors (Lipinski definition) is 6. The molecule has 0 fully saturated rings. The van der Waals surface area contributed by atoms with Crippen molar-refractivity contribution in [3.8, 4) is 28.3 Å². The van der Waals surface area contributed by atoms with E-state index in [4.69, 9.17) is 9.72 Å². The Hall–Kier alpha value is -3.51. The van der Waals surface area contributed by atoms with E-state index in [-0.39, 0.29) is 11.5 Å². The molecular formula is C24H19N3O2S. The van der Waals surface area contributed by atoms with Crippen LogP contribution in [-0.4, -0.2) is 33.8 Å². The first-order valence-electron chi connectivity index (χ1n) is 9.40. The molecule has 0 saturated heterocycles. The van der Waals surface area contributed by atoms with Crippen LogP contribution in [0.15, 0.2) is 90.1 Å². The van der Waals surface area contributed by atoms with E-state index >= 15 is 0 Å². The van der Waals surface area contributed by atoms with Crippen LogP contribution in [0.5, 0.6) is 5.75 Å². The second-order valence-electron chi connectivity index (χ2n) is 6.46. The van der Waals surface area contributed by atoms with Crippen molar-refractivity contribution in [2.75, 3.05) is 12.9 Å². The number of nitrogens with zero attached hydrogens (tertiary/aromatic N) is 3. The molecule has 4 aromatic rings. The number of benzene rings is 3. The van der Waals surface area contributed by atoms with Gasteiger partial charge in [0.25, 0.3) is 0 Å². The molecule has 0 amide bonds. The van der Waals surface area contributed by atoms with E-state index in [1.807, 2.05) is 60.7 Å². The summed E-state index contributed by atoms with van der Waals surface area (Å²) < 4.78 is 5.14. The maximum absolute atomic E-state index is 12.5. The van der Waals surface area contributed by atoms with Gasteiger partial charge < -0.3 is 4.74 Å². The quantitative estimate of drug-likeness (QED) is 0.307. The van der Waals surface area contributed by atoms with Gasteiger partial charge in [-0.25, -0.2) is 4.98 Å². The van der Waals surface area contributed by atoms with E-state index in [1.165, 1.54) is 11.8 Å². The molecule has 0 unspecified atom stereocenters. The van der Waals surface area contributed by atoms with Gasteiger partial charge in [0.1, 0.15) is 17.1 Å². The van der Waals surface area contributed by atoms with Gasteiger partial charge in [0, 0.05) is 16.7 Å². The van der Waals surface area contributed by atoms with Crippen LogP contribution in [0.25, 0.3) is 22.5 Å². The third-order valence-electron chi connectivity index (χ3n) is 4.51. The van der Waals surface area contributed by atoms with Crippen LogP contribution < -0.4 is 4.74 Å². The summed E-state index contributed by atoms with van der Waals surface area (Å²) in [6.45, 7) is 0. The number of Topliss-reactive ketones (excluding diaryl/α,β-unsaturated/α-hetero) is 1. The third kappa shape index (κ3) is 4.55. The molecule has 0 N–H and O–H groups in total. The Morgan fingerprint density at radius 2 is 1.40 bits per heavy atom. The van der Waals surface area contributed by atoms with Gasteiger partial charge in [-0.05, 0) is 24.3 Å². The molecular weight excluding hydrogens is 394 g/mol. The van der Waals surface area contributed by atoms with Crippen molar-refractivity contribution in [2.24, 2.45) is 0 Å². The Kier molecular flexibility index (Phi) is 6.15. The molecule has 1 aromatic heterocycles. The number of carbonyl (C=O) groups excluding carboxylic acids is 1. The average molecular weight is 414 g/mol. The maximum Gasteiger partial charge on any atom is 0.210 e. The number of ketones is 1. The highest BCUT2D eigenvalue weighted by Crippen LogP contribution is 2.29. The number of hydrogen-bond donors (Lipinski definition) is 0. The first kappa shape index (κ1) is 19.8. The molecule has 0 atom stereocenters. The van der Waals surface area contributed by atoms with Crippen LogP contribution in [0.1, 0.15) is 10.4 Å². The Bertz CT molecular complexity index is 1130. The zero-order valence-electron chi connectivity index (χ0n) is 16.4. The summed E-state index contributed by atoms with van der Waals surface area (Å²) in [6, 6.07) is 26.8. The zero-order chi connectivity index (χ0) is 20.8. The van der Waals surface area contributed by atoms with Crippen LogP contribution in [0.2, 0.25) is 0 Å². The van der Waals surface area contributed by atoms with Crippen LogP contribution in [0.3, 0.4) is 0 Å². The Morgan fingerprint density at radius 3 is 2.00 bits per heavy atom. The van der Waals surface area contributed by atoms with Crippen molar-refractivity contribution >= 4 is 17.5 Å².